The zero-order chi connectivity index (χ0) is 14.2. The van der Waals surface area contributed by atoms with Gasteiger partial charge in [0.05, 0.1) is 11.0 Å². The van der Waals surface area contributed by atoms with Crippen LogP contribution in [0, 0.1) is 6.92 Å². The highest BCUT2D eigenvalue weighted by Crippen LogP contribution is 2.28. The molecular weight excluding hydrogens is 262 g/mol. The van der Waals surface area contributed by atoms with Gasteiger partial charge in [-0.05, 0) is 32.4 Å². The number of nitrogens with two attached hydrogens (primary N) is 1. The van der Waals surface area contributed by atoms with Crippen molar-refractivity contribution in [2.24, 2.45) is 5.73 Å². The van der Waals surface area contributed by atoms with Gasteiger partial charge < -0.3 is 10.3 Å². The zero-order valence-corrected chi connectivity index (χ0v) is 12.2. The lowest BCUT2D eigenvalue weighted by Crippen LogP contribution is -2.42. The van der Waals surface area contributed by atoms with Crippen LogP contribution in [-0.4, -0.2) is 21.3 Å². The summed E-state index contributed by atoms with van der Waals surface area (Å²) in [4.78, 5) is 16.4. The molecule has 0 fully saturated rings. The number of para-hydroxylation sites is 1. The Kier molecular flexibility index (Phi) is 3.54. The summed E-state index contributed by atoms with van der Waals surface area (Å²) in [5.74, 6) is 0.867. The van der Waals surface area contributed by atoms with Crippen molar-refractivity contribution >= 4 is 28.5 Å². The molecule has 2 rings (SSSR count). The molecule has 0 unspecified atom stereocenters. The van der Waals surface area contributed by atoms with Crippen molar-refractivity contribution in [2.45, 2.75) is 32.7 Å². The molecule has 1 amide bonds. The van der Waals surface area contributed by atoms with Crippen LogP contribution in [0.1, 0.15) is 25.2 Å². The Hall–Kier alpha value is -1.55. The SMILES string of the molecule is Cc1cccc2nc(CCCl)n(C(C)(C)C(N)=O)c12. The number of primary amides is 1. The van der Waals surface area contributed by atoms with E-state index in [1.807, 2.05) is 29.7 Å². The first-order valence-electron chi connectivity index (χ1n) is 6.23. The first kappa shape index (κ1) is 13.9. The monoisotopic (exact) mass is 279 g/mol. The molecule has 2 N–H and O–H groups in total. The molecule has 0 radical (unpaired) electrons. The van der Waals surface area contributed by atoms with E-state index in [9.17, 15) is 4.79 Å². The van der Waals surface area contributed by atoms with Crippen molar-refractivity contribution < 1.29 is 4.79 Å². The standard InChI is InChI=1S/C14H18ClN3O/c1-9-5-4-6-10-12(9)18(11(17-10)7-8-15)14(2,3)13(16)19/h4-6H,7-8H2,1-3H3,(H2,16,19). The van der Waals surface area contributed by atoms with E-state index in [-0.39, 0.29) is 5.91 Å². The summed E-state index contributed by atoms with van der Waals surface area (Å²) in [5.41, 5.74) is 7.61. The molecule has 0 saturated carbocycles. The van der Waals surface area contributed by atoms with E-state index in [2.05, 4.69) is 4.98 Å². The average molecular weight is 280 g/mol. The molecule has 5 heteroatoms. The number of halogens is 1. The number of carbonyl (C=O) groups excluding carboxylic acids is 1. The fourth-order valence-electron chi connectivity index (χ4n) is 2.31. The highest BCUT2D eigenvalue weighted by atomic mass is 35.5. The maximum atomic E-state index is 11.8. The van der Waals surface area contributed by atoms with Crippen LogP contribution >= 0.6 is 11.6 Å². The number of rotatable bonds is 4. The van der Waals surface area contributed by atoms with E-state index < -0.39 is 5.54 Å². The zero-order valence-electron chi connectivity index (χ0n) is 11.4. The minimum Gasteiger partial charge on any atom is -0.368 e. The number of hydrogen-bond donors (Lipinski definition) is 1. The molecule has 0 aliphatic carbocycles. The number of aryl methyl sites for hydroxylation is 2. The molecule has 0 atom stereocenters. The molecule has 0 aliphatic heterocycles. The molecule has 1 aromatic carbocycles. The third-order valence-corrected chi connectivity index (χ3v) is 3.62. The van der Waals surface area contributed by atoms with E-state index >= 15 is 0 Å². The maximum Gasteiger partial charge on any atom is 0.243 e. The summed E-state index contributed by atoms with van der Waals surface area (Å²) in [5, 5.41) is 0. The lowest BCUT2D eigenvalue weighted by atomic mass is 10.0. The maximum absolute atomic E-state index is 11.8. The molecule has 0 aliphatic rings. The number of imidazole rings is 1. The molecule has 4 nitrogen and oxygen atoms in total. The fraction of sp³-hybridized carbons (Fsp3) is 0.429. The van der Waals surface area contributed by atoms with Crippen LogP contribution in [0.5, 0.6) is 0 Å². The summed E-state index contributed by atoms with van der Waals surface area (Å²) in [6.45, 7) is 5.61. The Bertz CT molecular complexity index is 631. The van der Waals surface area contributed by atoms with Gasteiger partial charge in [0.25, 0.3) is 0 Å². The number of nitrogens with zero attached hydrogens (tertiary/aromatic N) is 2. The Labute approximate surface area is 117 Å². The highest BCUT2D eigenvalue weighted by Gasteiger charge is 2.31. The summed E-state index contributed by atoms with van der Waals surface area (Å²) < 4.78 is 1.92. The Morgan fingerprint density at radius 1 is 1.47 bits per heavy atom. The number of hydrogen-bond acceptors (Lipinski definition) is 2. The Balaban J connectivity index is 2.82. The summed E-state index contributed by atoms with van der Waals surface area (Å²) in [6.07, 6.45) is 0.604. The number of amides is 1. The molecule has 102 valence electrons. The van der Waals surface area contributed by atoms with Crippen molar-refractivity contribution in [2.75, 3.05) is 5.88 Å². The number of benzene rings is 1. The smallest absolute Gasteiger partial charge is 0.243 e. The van der Waals surface area contributed by atoms with Crippen LogP contribution in [0.15, 0.2) is 18.2 Å². The molecule has 0 saturated heterocycles. The van der Waals surface area contributed by atoms with Crippen LogP contribution in [0.2, 0.25) is 0 Å². The normalized spacial score (nSPS) is 12.0. The van der Waals surface area contributed by atoms with E-state index in [4.69, 9.17) is 17.3 Å². The highest BCUT2D eigenvalue weighted by molar-refractivity contribution is 6.18. The van der Waals surface area contributed by atoms with E-state index in [0.29, 0.717) is 12.3 Å². The topological polar surface area (TPSA) is 60.9 Å². The van der Waals surface area contributed by atoms with Crippen molar-refractivity contribution in [3.63, 3.8) is 0 Å². The van der Waals surface area contributed by atoms with Crippen molar-refractivity contribution in [3.05, 3.63) is 29.6 Å². The van der Waals surface area contributed by atoms with Gasteiger partial charge in [-0.3, -0.25) is 4.79 Å². The third kappa shape index (κ3) is 2.21. The average Bonchev–Trinajstić information content (AvgIpc) is 2.69. The molecule has 1 aromatic heterocycles. The lowest BCUT2D eigenvalue weighted by molar-refractivity contribution is -0.125. The summed E-state index contributed by atoms with van der Waals surface area (Å²) in [7, 11) is 0. The van der Waals surface area contributed by atoms with E-state index in [1.165, 1.54) is 0 Å². The van der Waals surface area contributed by atoms with Gasteiger partial charge in [-0.25, -0.2) is 4.98 Å². The van der Waals surface area contributed by atoms with Gasteiger partial charge in [0.15, 0.2) is 0 Å². The Morgan fingerprint density at radius 2 is 2.16 bits per heavy atom. The molecule has 2 aromatic rings. The van der Waals surface area contributed by atoms with Gasteiger partial charge in [0.2, 0.25) is 5.91 Å². The van der Waals surface area contributed by atoms with Crippen molar-refractivity contribution in [1.82, 2.24) is 9.55 Å². The van der Waals surface area contributed by atoms with Crippen LogP contribution in [0.25, 0.3) is 11.0 Å². The molecule has 19 heavy (non-hydrogen) atoms. The predicted octanol–water partition coefficient (Wildman–Crippen LogP) is 2.35. The number of fused-ring (bicyclic) bond motifs is 1. The third-order valence-electron chi connectivity index (χ3n) is 3.43. The van der Waals surface area contributed by atoms with Gasteiger partial charge in [-0.2, -0.15) is 0 Å². The molecule has 0 spiro atoms. The van der Waals surface area contributed by atoms with Crippen LogP contribution in [0.4, 0.5) is 0 Å². The lowest BCUT2D eigenvalue weighted by Gasteiger charge is -2.26. The van der Waals surface area contributed by atoms with Gasteiger partial charge >= 0.3 is 0 Å². The summed E-state index contributed by atoms with van der Waals surface area (Å²) >= 11 is 5.84. The number of carbonyl (C=O) groups is 1. The number of alkyl halides is 1. The first-order chi connectivity index (χ1) is 8.89. The Morgan fingerprint density at radius 3 is 2.74 bits per heavy atom. The summed E-state index contributed by atoms with van der Waals surface area (Å²) in [6, 6.07) is 5.90. The van der Waals surface area contributed by atoms with Crippen LogP contribution in [0.3, 0.4) is 0 Å². The first-order valence-corrected chi connectivity index (χ1v) is 6.76. The second-order valence-corrected chi connectivity index (χ2v) is 5.55. The minimum absolute atomic E-state index is 0.383. The second kappa shape index (κ2) is 4.85. The van der Waals surface area contributed by atoms with E-state index in [0.717, 1.165) is 22.4 Å². The van der Waals surface area contributed by atoms with Crippen LogP contribution < -0.4 is 5.73 Å². The predicted molar refractivity (Wildman–Crippen MR) is 77.4 cm³/mol. The van der Waals surface area contributed by atoms with Crippen molar-refractivity contribution in [1.29, 1.82) is 0 Å². The van der Waals surface area contributed by atoms with Gasteiger partial charge in [0.1, 0.15) is 11.4 Å². The van der Waals surface area contributed by atoms with Crippen molar-refractivity contribution in [3.8, 4) is 0 Å². The number of aromatic nitrogens is 2. The van der Waals surface area contributed by atoms with Gasteiger partial charge in [-0.15, -0.1) is 11.6 Å². The van der Waals surface area contributed by atoms with Gasteiger partial charge in [0, 0.05) is 12.3 Å². The minimum atomic E-state index is -0.831. The molecule has 0 bridgehead atoms. The van der Waals surface area contributed by atoms with E-state index in [1.54, 1.807) is 13.8 Å². The quantitative estimate of drug-likeness (QED) is 0.873. The second-order valence-electron chi connectivity index (χ2n) is 5.17. The molecular formula is C14H18ClN3O. The van der Waals surface area contributed by atoms with Crippen LogP contribution in [-0.2, 0) is 16.8 Å². The van der Waals surface area contributed by atoms with Gasteiger partial charge in [-0.1, -0.05) is 12.1 Å². The fourth-order valence-corrected chi connectivity index (χ4v) is 2.48. The molecule has 1 heterocycles. The largest absolute Gasteiger partial charge is 0.368 e.